The number of hydrogen-bond acceptors (Lipinski definition) is 12. The lowest BCUT2D eigenvalue weighted by atomic mass is 9.71. The zero-order chi connectivity index (χ0) is 47.8. The third kappa shape index (κ3) is 9.28. The van der Waals surface area contributed by atoms with Crippen LogP contribution < -0.4 is 24.3 Å². The van der Waals surface area contributed by atoms with E-state index in [9.17, 15) is 25.5 Å². The fourth-order valence-electron chi connectivity index (χ4n) is 11.9. The van der Waals surface area contributed by atoms with Gasteiger partial charge in [-0.25, -0.2) is 0 Å². The molecule has 5 aromatic carbocycles. The van der Waals surface area contributed by atoms with Gasteiger partial charge in [-0.1, -0.05) is 30.9 Å². The molecule has 2 saturated carbocycles. The summed E-state index contributed by atoms with van der Waals surface area (Å²) in [4.78, 5) is 0. The first-order valence-electron chi connectivity index (χ1n) is 24.9. The molecule has 0 radical (unpaired) electrons. The highest BCUT2D eigenvalue weighted by Crippen LogP contribution is 2.56. The van der Waals surface area contributed by atoms with Crippen molar-refractivity contribution in [2.24, 2.45) is 11.8 Å². The van der Waals surface area contributed by atoms with Gasteiger partial charge in [-0.2, -0.15) is 0 Å². The summed E-state index contributed by atoms with van der Waals surface area (Å²) in [5.74, 6) is 8.32. The molecule has 8 atom stereocenters. The molecule has 69 heavy (non-hydrogen) atoms. The number of aromatic hydroxyl groups is 3. The third-order valence-electron chi connectivity index (χ3n) is 15.6. The predicted octanol–water partition coefficient (Wildman–Crippen LogP) is 9.36. The number of fused-ring (bicyclic) bond motifs is 6. The van der Waals surface area contributed by atoms with Crippen LogP contribution in [-0.4, -0.2) is 89.5 Å². The van der Waals surface area contributed by atoms with Gasteiger partial charge in [0.25, 0.3) is 0 Å². The summed E-state index contributed by atoms with van der Waals surface area (Å²) >= 11 is 0. The third-order valence-corrected chi connectivity index (χ3v) is 15.6. The molecule has 2 bridgehead atoms. The Bertz CT molecular complexity index is 2740. The van der Waals surface area contributed by atoms with Crippen LogP contribution in [0.5, 0.6) is 40.2 Å². The van der Waals surface area contributed by atoms with E-state index in [-0.39, 0.29) is 36.6 Å². The summed E-state index contributed by atoms with van der Waals surface area (Å²) < 4.78 is 40.6. The van der Waals surface area contributed by atoms with Crippen LogP contribution in [0, 0.1) is 23.7 Å². The van der Waals surface area contributed by atoms with Crippen molar-refractivity contribution in [1.82, 2.24) is 5.32 Å². The number of aliphatic hydroxyl groups excluding tert-OH is 2. The van der Waals surface area contributed by atoms with Gasteiger partial charge < -0.3 is 59.3 Å². The zero-order valence-corrected chi connectivity index (χ0v) is 39.8. The van der Waals surface area contributed by atoms with Gasteiger partial charge in [0.2, 0.25) is 0 Å². The van der Waals surface area contributed by atoms with Crippen LogP contribution in [0.3, 0.4) is 0 Å². The normalized spacial score (nSPS) is 26.5. The summed E-state index contributed by atoms with van der Waals surface area (Å²) in [5.41, 5.74) is 4.91. The molecule has 5 aromatic rings. The molecular formula is C57H65NO11. The average Bonchev–Trinajstić information content (AvgIpc) is 3.85. The highest BCUT2D eigenvalue weighted by atomic mass is 16.5. The van der Waals surface area contributed by atoms with E-state index in [4.69, 9.17) is 28.4 Å². The molecule has 0 spiro atoms. The van der Waals surface area contributed by atoms with Crippen molar-refractivity contribution in [3.05, 3.63) is 101 Å². The van der Waals surface area contributed by atoms with E-state index < -0.39 is 47.9 Å². The number of phenols is 3. The fourth-order valence-corrected chi connectivity index (χ4v) is 11.9. The fraction of sp³-hybridized carbons (Fsp3) is 0.474. The van der Waals surface area contributed by atoms with E-state index in [2.05, 4.69) is 17.2 Å². The molecule has 3 heterocycles. The molecular weight excluding hydrogens is 875 g/mol. The topological polar surface area (TPSA) is 169 Å². The van der Waals surface area contributed by atoms with Gasteiger partial charge in [0.1, 0.15) is 53.0 Å². The van der Waals surface area contributed by atoms with Gasteiger partial charge in [-0.3, -0.25) is 0 Å². The van der Waals surface area contributed by atoms with Crippen molar-refractivity contribution < 1.29 is 54.0 Å². The lowest BCUT2D eigenvalue weighted by Gasteiger charge is -2.51. The number of rotatable bonds is 12. The zero-order valence-electron chi connectivity index (χ0n) is 39.8. The largest absolute Gasteiger partial charge is 0.508 e. The second-order valence-corrected chi connectivity index (χ2v) is 19.8. The first-order chi connectivity index (χ1) is 33.6. The summed E-state index contributed by atoms with van der Waals surface area (Å²) in [6.45, 7) is 2.76. The van der Waals surface area contributed by atoms with Crippen LogP contribution in [0.2, 0.25) is 0 Å². The number of phenolic OH excluding ortho intramolecular Hbond substituents is 3. The van der Waals surface area contributed by atoms with Gasteiger partial charge in [-0.15, -0.1) is 0 Å². The number of aryl methyl sites for hydroxylation is 1. The number of methoxy groups -OCH3 is 1. The minimum absolute atomic E-state index is 0.0400. The van der Waals surface area contributed by atoms with Crippen LogP contribution in [-0.2, 0) is 22.3 Å². The van der Waals surface area contributed by atoms with E-state index >= 15 is 0 Å². The van der Waals surface area contributed by atoms with Crippen LogP contribution in [0.15, 0.2) is 72.8 Å². The number of nitrogens with one attached hydrogen (secondary N) is 1. The SMILES string of the molecule is CCc1cc(-c2cccc(O)c2)c(Cc2cc(OC3CCCC3)cc3c2OCC(C2C(CCCOC)Oc4c5cc(c6cc(O)ccc46)OCC#CCC4(NC)CCC(O)CC4OC52)C3O)cc1O. The lowest BCUT2D eigenvalue weighted by Crippen LogP contribution is -2.59. The highest BCUT2D eigenvalue weighted by molar-refractivity contribution is 5.96. The van der Waals surface area contributed by atoms with Gasteiger partial charge in [0, 0.05) is 72.3 Å². The standard InChI is InChI=1S/C57H65NO11/c1-4-33-26-43(34-11-9-12-37(59)24-34)35(27-48(33)62)23-36-25-41(67-40-13-5-6-14-40)30-45-53(63)47(32-66-54(36)45)52-49(15-10-21-64-3)68-55-42-17-16-38(60)28-44(42)50-31-46(55)56(52)69-51-29-39(61)18-20-57(51,58-2)19-7-8-22-65-50/h9,11-12,16-17,24-28,30-31,39-40,47,49,51-53,56,58-63H,4-6,10,13-15,18-23,29,32H2,1-3H3. The number of likely N-dealkylation sites (N-methyl/N-ethyl adjacent to an activating group) is 1. The molecule has 5 aliphatic rings. The summed E-state index contributed by atoms with van der Waals surface area (Å²) in [7, 11) is 3.62. The lowest BCUT2D eigenvalue weighted by molar-refractivity contribution is -0.166. The maximum Gasteiger partial charge on any atom is 0.149 e. The van der Waals surface area contributed by atoms with E-state index in [0.29, 0.717) is 91.9 Å². The van der Waals surface area contributed by atoms with E-state index in [1.807, 2.05) is 62.5 Å². The first kappa shape index (κ1) is 47.0. The number of hydrogen-bond donors (Lipinski definition) is 6. The first-order valence-corrected chi connectivity index (χ1v) is 24.9. The second-order valence-electron chi connectivity index (χ2n) is 19.8. The molecule has 2 aliphatic carbocycles. The maximum atomic E-state index is 13.2. The molecule has 364 valence electrons. The molecule has 12 heteroatoms. The Hall–Kier alpha value is -5.68. The van der Waals surface area contributed by atoms with Crippen LogP contribution in [0.4, 0.5) is 0 Å². The van der Waals surface area contributed by atoms with Crippen LogP contribution in [0.25, 0.3) is 21.9 Å². The molecule has 6 N–H and O–H groups in total. The van der Waals surface area contributed by atoms with Gasteiger partial charge in [0.05, 0.1) is 42.7 Å². The van der Waals surface area contributed by atoms with Crippen molar-refractivity contribution in [2.45, 2.75) is 126 Å². The Morgan fingerprint density at radius 3 is 2.48 bits per heavy atom. The summed E-state index contributed by atoms with van der Waals surface area (Å²) in [6, 6.07) is 22.0. The Kier molecular flexibility index (Phi) is 13.6. The predicted molar refractivity (Wildman–Crippen MR) is 262 cm³/mol. The molecule has 8 unspecified atom stereocenters. The van der Waals surface area contributed by atoms with Gasteiger partial charge >= 0.3 is 0 Å². The molecule has 0 aromatic heterocycles. The Labute approximate surface area is 404 Å². The van der Waals surface area contributed by atoms with Gasteiger partial charge in [0.15, 0.2) is 0 Å². The minimum atomic E-state index is -1.06. The molecule has 3 aliphatic heterocycles. The van der Waals surface area contributed by atoms with Crippen molar-refractivity contribution in [3.63, 3.8) is 0 Å². The highest BCUT2D eigenvalue weighted by Gasteiger charge is 2.52. The average molecular weight is 940 g/mol. The second kappa shape index (κ2) is 20.0. The molecule has 0 amide bonds. The van der Waals surface area contributed by atoms with Crippen molar-refractivity contribution >= 4 is 10.8 Å². The number of aliphatic hydroxyl groups is 2. The molecule has 12 nitrogen and oxygen atoms in total. The van der Waals surface area contributed by atoms with E-state index in [1.54, 1.807) is 31.4 Å². The van der Waals surface area contributed by atoms with Crippen LogP contribution >= 0.6 is 0 Å². The number of benzene rings is 5. The Morgan fingerprint density at radius 2 is 1.68 bits per heavy atom. The van der Waals surface area contributed by atoms with E-state index in [0.717, 1.165) is 64.5 Å². The van der Waals surface area contributed by atoms with Gasteiger partial charge in [-0.05, 0) is 148 Å². The van der Waals surface area contributed by atoms with Crippen molar-refractivity contribution in [2.75, 3.05) is 34.0 Å². The molecule has 0 saturated heterocycles. The minimum Gasteiger partial charge on any atom is -0.508 e. The monoisotopic (exact) mass is 939 g/mol. The molecule has 2 fully saturated rings. The summed E-state index contributed by atoms with van der Waals surface area (Å²) in [6.07, 6.45) is 5.15. The molecule has 10 rings (SSSR count). The van der Waals surface area contributed by atoms with E-state index in [1.165, 1.54) is 0 Å². The van der Waals surface area contributed by atoms with Crippen molar-refractivity contribution in [3.8, 4) is 63.2 Å². The Balaban J connectivity index is 1.12. The van der Waals surface area contributed by atoms with Crippen molar-refractivity contribution in [1.29, 1.82) is 0 Å². The smallest absolute Gasteiger partial charge is 0.149 e. The maximum absolute atomic E-state index is 13.2. The number of ether oxygens (including phenoxy) is 6. The summed E-state index contributed by atoms with van der Waals surface area (Å²) in [5, 5.41) is 62.2. The quantitative estimate of drug-likeness (QED) is 0.0519. The van der Waals surface area contributed by atoms with Crippen LogP contribution in [0.1, 0.15) is 111 Å². The Morgan fingerprint density at radius 1 is 0.841 bits per heavy atom.